The first-order valence-electron chi connectivity index (χ1n) is 15.5. The van der Waals surface area contributed by atoms with E-state index in [0.29, 0.717) is 16.6 Å². The van der Waals surface area contributed by atoms with Gasteiger partial charge in [0.05, 0.1) is 0 Å². The zero-order chi connectivity index (χ0) is 30.9. The summed E-state index contributed by atoms with van der Waals surface area (Å²) in [5.74, 6) is 10.4. The van der Waals surface area contributed by atoms with E-state index in [-0.39, 0.29) is 29.3 Å². The zero-order valence-corrected chi connectivity index (χ0v) is 30.8. The maximum atomic E-state index is 6.58. The first kappa shape index (κ1) is 36.9. The summed E-state index contributed by atoms with van der Waals surface area (Å²) >= 11 is 0. The van der Waals surface area contributed by atoms with Gasteiger partial charge >= 0.3 is 0 Å². The molecule has 0 bridgehead atoms. The van der Waals surface area contributed by atoms with Gasteiger partial charge in [-0.05, 0) is 78.5 Å². The van der Waals surface area contributed by atoms with E-state index in [4.69, 9.17) is 13.9 Å². The lowest BCUT2D eigenvalue weighted by molar-refractivity contribution is -0.0858. The number of methoxy groups -OCH3 is 1. The predicted octanol–water partition coefficient (Wildman–Crippen LogP) is 9.92. The fourth-order valence-corrected chi connectivity index (χ4v) is 12.8. The summed E-state index contributed by atoms with van der Waals surface area (Å²) in [6.45, 7) is 33.7. The van der Waals surface area contributed by atoms with Crippen LogP contribution in [0.1, 0.15) is 102 Å². The molecule has 5 heteroatoms. The van der Waals surface area contributed by atoms with Crippen molar-refractivity contribution in [2.75, 3.05) is 20.5 Å². The van der Waals surface area contributed by atoms with E-state index in [0.717, 1.165) is 25.9 Å². The van der Waals surface area contributed by atoms with Gasteiger partial charge in [-0.2, -0.15) is 0 Å². The number of ether oxygens (including phenoxy) is 2. The molecule has 2 atom stereocenters. The maximum Gasteiger partial charge on any atom is 0.191 e. The van der Waals surface area contributed by atoms with Crippen molar-refractivity contribution in [3.05, 3.63) is 23.3 Å². The second-order valence-corrected chi connectivity index (χ2v) is 25.2. The van der Waals surface area contributed by atoms with Gasteiger partial charge in [-0.15, -0.1) is 5.54 Å². The van der Waals surface area contributed by atoms with Crippen LogP contribution in [0.3, 0.4) is 0 Å². The van der Waals surface area contributed by atoms with Crippen LogP contribution in [-0.2, 0) is 13.9 Å². The highest BCUT2D eigenvalue weighted by Crippen LogP contribution is 2.48. The minimum absolute atomic E-state index is 0.0350. The number of rotatable bonds is 11. The molecule has 0 unspecified atom stereocenters. The SMILES string of the molecule is COCO[C@H](C#C/C=C\C#C[Si](C(C)C)(C(C)C)C(C)C)[C@@H]1CCC(C)=C(CCO[Si](C)(C)C(C)(C)C)C1(C)C. The molecule has 0 aromatic rings. The van der Waals surface area contributed by atoms with Crippen molar-refractivity contribution < 1.29 is 13.9 Å². The van der Waals surface area contributed by atoms with Crippen molar-refractivity contribution in [1.82, 2.24) is 0 Å². The molecule has 0 spiro atoms. The molecule has 0 radical (unpaired) electrons. The molecule has 1 aliphatic carbocycles. The molecular weight excluding hydrogens is 525 g/mol. The van der Waals surface area contributed by atoms with Crippen molar-refractivity contribution in [1.29, 1.82) is 0 Å². The molecule has 1 rings (SSSR count). The Morgan fingerprint density at radius 2 is 1.52 bits per heavy atom. The van der Waals surface area contributed by atoms with Crippen LogP contribution in [-0.4, -0.2) is 43.0 Å². The summed E-state index contributed by atoms with van der Waals surface area (Å²) in [4.78, 5) is 0. The molecule has 0 fully saturated rings. The zero-order valence-electron chi connectivity index (χ0n) is 28.8. The van der Waals surface area contributed by atoms with Crippen LogP contribution in [0.15, 0.2) is 23.3 Å². The lowest BCUT2D eigenvalue weighted by Gasteiger charge is -2.44. The van der Waals surface area contributed by atoms with Crippen LogP contribution in [0.4, 0.5) is 0 Å². The first-order valence-corrected chi connectivity index (χ1v) is 20.6. The van der Waals surface area contributed by atoms with Gasteiger partial charge in [-0.1, -0.05) is 105 Å². The van der Waals surface area contributed by atoms with E-state index >= 15 is 0 Å². The van der Waals surface area contributed by atoms with Gasteiger partial charge in [0.2, 0.25) is 0 Å². The molecule has 0 amide bonds. The molecule has 40 heavy (non-hydrogen) atoms. The van der Waals surface area contributed by atoms with E-state index in [1.165, 1.54) is 11.1 Å². The predicted molar refractivity (Wildman–Crippen MR) is 179 cm³/mol. The van der Waals surface area contributed by atoms with Gasteiger partial charge in [-0.3, -0.25) is 0 Å². The van der Waals surface area contributed by atoms with E-state index < -0.39 is 16.4 Å². The molecule has 0 saturated heterocycles. The summed E-state index contributed by atoms with van der Waals surface area (Å²) in [7, 11) is -1.84. The number of allylic oxidation sites excluding steroid dienone is 3. The van der Waals surface area contributed by atoms with Gasteiger partial charge in [0.1, 0.15) is 21.0 Å². The molecule has 0 N–H and O–H groups in total. The molecule has 0 aromatic carbocycles. The second kappa shape index (κ2) is 15.4. The van der Waals surface area contributed by atoms with Crippen LogP contribution in [0.5, 0.6) is 0 Å². The molecule has 0 aromatic heterocycles. The smallest absolute Gasteiger partial charge is 0.191 e. The lowest BCUT2D eigenvalue weighted by Crippen LogP contribution is -2.43. The van der Waals surface area contributed by atoms with Gasteiger partial charge in [0, 0.05) is 19.6 Å². The second-order valence-electron chi connectivity index (χ2n) is 14.8. The average Bonchev–Trinajstić information content (AvgIpc) is 2.81. The molecule has 3 nitrogen and oxygen atoms in total. The van der Waals surface area contributed by atoms with Crippen molar-refractivity contribution >= 4 is 16.4 Å². The summed E-state index contributed by atoms with van der Waals surface area (Å²) in [6, 6.07) is 0. The standard InChI is InChI=1S/C35H62O3Si2/c1-27(2)40(28(3)4,29(5)6)25-19-17-16-18-20-33(37-26-36-13)32-22-21-30(7)31(35(32,11)12)23-24-38-39(14,15)34(8,9)10/h16-17,27-29,32-33H,21-24,26H2,1-15H3/b17-16-/t32-,33+/m0/s1. The lowest BCUT2D eigenvalue weighted by atomic mass is 9.63. The number of hydrogen-bond donors (Lipinski definition) is 0. The normalized spacial score (nSPS) is 19.2. The van der Waals surface area contributed by atoms with Crippen molar-refractivity contribution in [3.8, 4) is 23.3 Å². The van der Waals surface area contributed by atoms with Crippen molar-refractivity contribution in [2.45, 2.75) is 143 Å². The highest BCUT2D eigenvalue weighted by Gasteiger charge is 2.43. The Bertz CT molecular complexity index is 966. The van der Waals surface area contributed by atoms with Crippen LogP contribution in [0.2, 0.25) is 34.8 Å². The van der Waals surface area contributed by atoms with Crippen LogP contribution >= 0.6 is 0 Å². The van der Waals surface area contributed by atoms with E-state index in [1.54, 1.807) is 7.11 Å². The van der Waals surface area contributed by atoms with Crippen molar-refractivity contribution in [2.24, 2.45) is 11.3 Å². The highest BCUT2D eigenvalue weighted by molar-refractivity contribution is 6.90. The largest absolute Gasteiger partial charge is 0.417 e. The molecule has 0 heterocycles. The molecule has 0 saturated carbocycles. The minimum atomic E-state index is -1.78. The minimum Gasteiger partial charge on any atom is -0.417 e. The van der Waals surface area contributed by atoms with E-state index in [9.17, 15) is 0 Å². The van der Waals surface area contributed by atoms with Crippen LogP contribution < -0.4 is 0 Å². The van der Waals surface area contributed by atoms with E-state index in [2.05, 4.69) is 119 Å². The summed E-state index contributed by atoms with van der Waals surface area (Å²) in [5, 5.41) is 0.218. The van der Waals surface area contributed by atoms with Gasteiger partial charge in [0.15, 0.2) is 8.32 Å². The Labute approximate surface area is 251 Å². The van der Waals surface area contributed by atoms with E-state index in [1.807, 2.05) is 12.2 Å². The molecule has 228 valence electrons. The fourth-order valence-electron chi connectivity index (χ4n) is 6.56. The van der Waals surface area contributed by atoms with Gasteiger partial charge in [0.25, 0.3) is 0 Å². The third-order valence-corrected chi connectivity index (χ3v) is 20.9. The quantitative estimate of drug-likeness (QED) is 0.104. The third-order valence-electron chi connectivity index (χ3n) is 10.0. The van der Waals surface area contributed by atoms with Crippen LogP contribution in [0.25, 0.3) is 0 Å². The molecule has 0 aliphatic heterocycles. The van der Waals surface area contributed by atoms with Crippen molar-refractivity contribution in [3.63, 3.8) is 0 Å². The maximum absolute atomic E-state index is 6.58. The Hall–Kier alpha value is -1.09. The van der Waals surface area contributed by atoms with Gasteiger partial charge < -0.3 is 13.9 Å². The number of hydrogen-bond acceptors (Lipinski definition) is 3. The fraction of sp³-hybridized carbons (Fsp3) is 0.771. The Morgan fingerprint density at radius 3 is 2.02 bits per heavy atom. The monoisotopic (exact) mass is 586 g/mol. The molecule has 1 aliphatic rings. The summed E-state index contributed by atoms with van der Waals surface area (Å²) in [6.07, 6.45) is 6.74. The highest BCUT2D eigenvalue weighted by atomic mass is 28.4. The average molecular weight is 587 g/mol. The first-order chi connectivity index (χ1) is 18.4. The summed E-state index contributed by atoms with van der Waals surface area (Å²) < 4.78 is 18.1. The van der Waals surface area contributed by atoms with Crippen LogP contribution in [0, 0.1) is 34.6 Å². The van der Waals surface area contributed by atoms with Gasteiger partial charge in [-0.25, -0.2) is 0 Å². The third kappa shape index (κ3) is 9.21. The topological polar surface area (TPSA) is 27.7 Å². The Kier molecular flexibility index (Phi) is 14.2. The Balaban J connectivity index is 3.17. The molecular formula is C35H62O3Si2. The summed E-state index contributed by atoms with van der Waals surface area (Å²) in [5.41, 5.74) is 8.59. The Morgan fingerprint density at radius 1 is 0.975 bits per heavy atom.